The fourth-order valence-electron chi connectivity index (χ4n) is 2.14. The van der Waals surface area contributed by atoms with E-state index in [1.54, 1.807) is 18.2 Å². The summed E-state index contributed by atoms with van der Waals surface area (Å²) in [6, 6.07) is 15.1. The van der Waals surface area contributed by atoms with Gasteiger partial charge in [0.05, 0.1) is 10.7 Å². The minimum atomic E-state index is 0.416. The molecule has 5 nitrogen and oxygen atoms in total. The highest BCUT2D eigenvalue weighted by atomic mass is 35.5. The van der Waals surface area contributed by atoms with Crippen molar-refractivity contribution in [1.29, 1.82) is 0 Å². The number of nitrogens with zero attached hydrogens (tertiary/aromatic N) is 2. The fraction of sp³-hybridized carbons (Fsp3) is 0.0588. The van der Waals surface area contributed by atoms with E-state index in [0.717, 1.165) is 5.56 Å². The molecule has 0 aliphatic carbocycles. The van der Waals surface area contributed by atoms with Crippen LogP contribution in [0.5, 0.6) is 0 Å². The molecule has 24 heavy (non-hydrogen) atoms. The van der Waals surface area contributed by atoms with E-state index >= 15 is 0 Å². The second-order valence-corrected chi connectivity index (χ2v) is 5.92. The second-order valence-electron chi connectivity index (χ2n) is 5.07. The maximum atomic E-state index is 6.17. The van der Waals surface area contributed by atoms with Crippen molar-refractivity contribution in [2.75, 3.05) is 16.4 Å². The third-order valence-electron chi connectivity index (χ3n) is 3.37. The van der Waals surface area contributed by atoms with E-state index in [4.69, 9.17) is 28.9 Å². The molecular weight excluding hydrogens is 345 g/mol. The van der Waals surface area contributed by atoms with Crippen molar-refractivity contribution >= 4 is 46.2 Å². The Morgan fingerprint density at radius 3 is 2.46 bits per heavy atom. The average molecular weight is 360 g/mol. The van der Waals surface area contributed by atoms with E-state index in [1.165, 1.54) is 6.33 Å². The highest BCUT2D eigenvalue weighted by Gasteiger charge is 2.10. The van der Waals surface area contributed by atoms with Gasteiger partial charge in [0.1, 0.15) is 12.0 Å². The number of hydrogen-bond acceptors (Lipinski definition) is 5. The number of benzene rings is 2. The lowest BCUT2D eigenvalue weighted by molar-refractivity contribution is 1.09. The first-order valence-electron chi connectivity index (χ1n) is 7.24. The molecule has 0 fully saturated rings. The predicted octanol–water partition coefficient (Wildman–Crippen LogP) is 4.72. The maximum Gasteiger partial charge on any atom is 0.159 e. The molecule has 0 saturated heterocycles. The lowest BCUT2D eigenvalue weighted by Crippen LogP contribution is -2.08. The van der Waals surface area contributed by atoms with E-state index in [2.05, 4.69) is 20.6 Å². The molecular formula is C17H15Cl2N5. The van der Waals surface area contributed by atoms with Crippen molar-refractivity contribution in [2.24, 2.45) is 0 Å². The van der Waals surface area contributed by atoms with Crippen LogP contribution in [0.2, 0.25) is 10.0 Å². The smallest absolute Gasteiger partial charge is 0.159 e. The normalized spacial score (nSPS) is 10.4. The summed E-state index contributed by atoms with van der Waals surface area (Å²) in [7, 11) is 0. The molecule has 2 aromatic carbocycles. The topological polar surface area (TPSA) is 75.9 Å². The number of aromatic nitrogens is 2. The van der Waals surface area contributed by atoms with Gasteiger partial charge in [-0.2, -0.15) is 0 Å². The Kier molecular flexibility index (Phi) is 5.03. The molecule has 0 amide bonds. The van der Waals surface area contributed by atoms with Gasteiger partial charge in [0, 0.05) is 11.6 Å². The molecule has 0 aliphatic heterocycles. The van der Waals surface area contributed by atoms with Gasteiger partial charge in [-0.15, -0.1) is 0 Å². The molecule has 1 aromatic heterocycles. The minimum Gasteiger partial charge on any atom is -0.393 e. The molecule has 0 saturated carbocycles. The molecule has 3 aromatic rings. The van der Waals surface area contributed by atoms with Crippen LogP contribution in [0.1, 0.15) is 5.56 Å². The first-order chi connectivity index (χ1) is 11.6. The summed E-state index contributed by atoms with van der Waals surface area (Å²) in [5.74, 6) is 1.03. The predicted molar refractivity (Wildman–Crippen MR) is 100.0 cm³/mol. The van der Waals surface area contributed by atoms with Gasteiger partial charge in [-0.05, 0) is 23.8 Å². The first-order valence-corrected chi connectivity index (χ1v) is 7.99. The van der Waals surface area contributed by atoms with Gasteiger partial charge in [0.15, 0.2) is 11.6 Å². The number of nitrogens with one attached hydrogen (secondary N) is 2. The zero-order valence-electron chi connectivity index (χ0n) is 12.6. The third-order valence-corrected chi connectivity index (χ3v) is 3.92. The summed E-state index contributed by atoms with van der Waals surface area (Å²) in [6.45, 7) is 0.614. The summed E-state index contributed by atoms with van der Waals surface area (Å²) in [4.78, 5) is 8.36. The van der Waals surface area contributed by atoms with E-state index in [-0.39, 0.29) is 0 Å². The molecule has 1 heterocycles. The minimum absolute atomic E-state index is 0.416. The number of nitrogens with two attached hydrogens (primary N) is 1. The van der Waals surface area contributed by atoms with Crippen LogP contribution in [0.3, 0.4) is 0 Å². The molecule has 0 unspecified atom stereocenters. The number of anilines is 4. The Hall–Kier alpha value is -2.50. The molecule has 7 heteroatoms. The van der Waals surface area contributed by atoms with Crippen LogP contribution < -0.4 is 16.4 Å². The molecule has 0 radical (unpaired) electrons. The van der Waals surface area contributed by atoms with Crippen molar-refractivity contribution in [1.82, 2.24) is 9.97 Å². The quantitative estimate of drug-likeness (QED) is 0.614. The Balaban J connectivity index is 1.78. The van der Waals surface area contributed by atoms with Crippen LogP contribution in [0.15, 0.2) is 54.9 Å². The van der Waals surface area contributed by atoms with Crippen LogP contribution >= 0.6 is 23.2 Å². The number of halogens is 2. The van der Waals surface area contributed by atoms with Crippen LogP contribution in [-0.2, 0) is 6.54 Å². The lowest BCUT2D eigenvalue weighted by Gasteiger charge is -2.13. The largest absolute Gasteiger partial charge is 0.393 e. The van der Waals surface area contributed by atoms with Gasteiger partial charge in [0.2, 0.25) is 0 Å². The number of hydrogen-bond donors (Lipinski definition) is 3. The summed E-state index contributed by atoms with van der Waals surface area (Å²) in [5, 5.41) is 7.36. The van der Waals surface area contributed by atoms with Gasteiger partial charge in [-0.25, -0.2) is 9.97 Å². The van der Waals surface area contributed by atoms with Gasteiger partial charge in [-0.1, -0.05) is 53.5 Å². The summed E-state index contributed by atoms with van der Waals surface area (Å²) >= 11 is 12.1. The maximum absolute atomic E-state index is 6.17. The first kappa shape index (κ1) is 16.4. The van der Waals surface area contributed by atoms with Crippen LogP contribution in [0.4, 0.5) is 23.0 Å². The Labute approximate surface area is 149 Å². The molecule has 0 aliphatic rings. The van der Waals surface area contributed by atoms with Crippen molar-refractivity contribution in [3.05, 3.63) is 70.5 Å². The van der Waals surface area contributed by atoms with Gasteiger partial charge in [-0.3, -0.25) is 0 Å². The zero-order chi connectivity index (χ0) is 16.9. The zero-order valence-corrected chi connectivity index (χ0v) is 14.1. The fourth-order valence-corrected chi connectivity index (χ4v) is 2.59. The molecule has 0 spiro atoms. The standard InChI is InChI=1S/C17H15Cl2N5/c18-12-6-7-14(13(19)8-12)24-17-15(20)16(22-10-23-17)21-9-11-4-2-1-3-5-11/h1-8,10H,9,20H2,(H2,21,22,23,24). The molecule has 122 valence electrons. The number of rotatable bonds is 5. The SMILES string of the molecule is Nc1c(NCc2ccccc2)ncnc1Nc1ccc(Cl)cc1Cl. The molecule has 0 atom stereocenters. The van der Waals surface area contributed by atoms with Gasteiger partial charge in [0.25, 0.3) is 0 Å². The third kappa shape index (κ3) is 3.88. The highest BCUT2D eigenvalue weighted by molar-refractivity contribution is 6.36. The summed E-state index contributed by atoms with van der Waals surface area (Å²) < 4.78 is 0. The van der Waals surface area contributed by atoms with Gasteiger partial charge >= 0.3 is 0 Å². The number of nitrogen functional groups attached to an aromatic ring is 1. The highest BCUT2D eigenvalue weighted by Crippen LogP contribution is 2.31. The Bertz CT molecular complexity index is 840. The van der Waals surface area contributed by atoms with Crippen molar-refractivity contribution in [3.63, 3.8) is 0 Å². The molecule has 4 N–H and O–H groups in total. The van der Waals surface area contributed by atoms with Crippen LogP contribution in [0, 0.1) is 0 Å². The average Bonchev–Trinajstić information content (AvgIpc) is 2.59. The van der Waals surface area contributed by atoms with E-state index in [0.29, 0.717) is 39.6 Å². The summed E-state index contributed by atoms with van der Waals surface area (Å²) in [5.41, 5.74) is 8.37. The Morgan fingerprint density at radius 1 is 0.958 bits per heavy atom. The monoisotopic (exact) mass is 359 g/mol. The van der Waals surface area contributed by atoms with Crippen LogP contribution in [0.25, 0.3) is 0 Å². The molecule has 3 rings (SSSR count). The van der Waals surface area contributed by atoms with Crippen molar-refractivity contribution in [3.8, 4) is 0 Å². The summed E-state index contributed by atoms with van der Waals surface area (Å²) in [6.07, 6.45) is 1.44. The van der Waals surface area contributed by atoms with E-state index in [1.807, 2.05) is 30.3 Å². The van der Waals surface area contributed by atoms with Gasteiger partial charge < -0.3 is 16.4 Å². The van der Waals surface area contributed by atoms with Crippen molar-refractivity contribution < 1.29 is 0 Å². The van der Waals surface area contributed by atoms with E-state index in [9.17, 15) is 0 Å². The molecule has 0 bridgehead atoms. The lowest BCUT2D eigenvalue weighted by atomic mass is 10.2. The van der Waals surface area contributed by atoms with E-state index < -0.39 is 0 Å². The Morgan fingerprint density at radius 2 is 1.71 bits per heavy atom. The van der Waals surface area contributed by atoms with Crippen molar-refractivity contribution in [2.45, 2.75) is 6.54 Å². The van der Waals surface area contributed by atoms with Crippen LogP contribution in [-0.4, -0.2) is 9.97 Å². The second kappa shape index (κ2) is 7.38.